The van der Waals surface area contributed by atoms with E-state index in [1.807, 2.05) is 0 Å². The van der Waals surface area contributed by atoms with Crippen LogP contribution in [0.25, 0.3) is 0 Å². The van der Waals surface area contributed by atoms with Crippen LogP contribution in [0, 0.1) is 16.0 Å². The van der Waals surface area contributed by atoms with Gasteiger partial charge in [-0.3, -0.25) is 15.0 Å². The summed E-state index contributed by atoms with van der Waals surface area (Å²) in [6.07, 6.45) is 5.10. The Labute approximate surface area is 129 Å². The minimum Gasteiger partial charge on any atom is -0.381 e. The monoisotopic (exact) mass is 306 g/mol. The van der Waals surface area contributed by atoms with Crippen molar-refractivity contribution >= 4 is 11.5 Å². The average molecular weight is 306 g/mol. The largest absolute Gasteiger partial charge is 0.381 e. The number of nitrogens with one attached hydrogen (secondary N) is 1. The molecule has 0 saturated carbocycles. The third-order valence-electron chi connectivity index (χ3n) is 4.58. The lowest BCUT2D eigenvalue weighted by Gasteiger charge is -2.32. The highest BCUT2D eigenvalue weighted by atomic mass is 16.6. The Kier molecular flexibility index (Phi) is 4.84. The van der Waals surface area contributed by atoms with Crippen molar-refractivity contribution in [3.63, 3.8) is 0 Å². The van der Waals surface area contributed by atoms with Gasteiger partial charge in [0.25, 0.3) is 0 Å². The van der Waals surface area contributed by atoms with E-state index in [0.717, 1.165) is 32.7 Å². The predicted octanol–water partition coefficient (Wildman–Crippen LogP) is 1.90. The first-order valence-corrected chi connectivity index (χ1v) is 7.91. The molecule has 3 heterocycles. The number of hydrogen-bond acceptors (Lipinski definition) is 6. The van der Waals surface area contributed by atoms with E-state index in [2.05, 4.69) is 15.2 Å². The van der Waals surface area contributed by atoms with Crippen LogP contribution in [0.1, 0.15) is 19.3 Å². The van der Waals surface area contributed by atoms with Gasteiger partial charge in [0.05, 0.1) is 11.5 Å². The third kappa shape index (κ3) is 3.36. The van der Waals surface area contributed by atoms with Crippen molar-refractivity contribution < 1.29 is 9.66 Å². The second kappa shape index (κ2) is 7.02. The summed E-state index contributed by atoms with van der Waals surface area (Å²) in [7, 11) is 0. The molecule has 1 N–H and O–H groups in total. The zero-order valence-corrected chi connectivity index (χ0v) is 12.6. The van der Waals surface area contributed by atoms with Gasteiger partial charge in [-0.15, -0.1) is 0 Å². The molecule has 2 aliphatic rings. The van der Waals surface area contributed by atoms with Crippen molar-refractivity contribution in [2.45, 2.75) is 25.3 Å². The number of likely N-dealkylation sites (tertiary alicyclic amines) is 1. The fraction of sp³-hybridized carbons (Fsp3) is 0.667. The van der Waals surface area contributed by atoms with Crippen LogP contribution in [0.4, 0.5) is 11.5 Å². The van der Waals surface area contributed by atoms with Gasteiger partial charge in [0, 0.05) is 37.4 Å². The number of nitrogens with zero attached hydrogens (tertiary/aromatic N) is 3. The summed E-state index contributed by atoms with van der Waals surface area (Å²) >= 11 is 0. The smallest absolute Gasteiger partial charge is 0.311 e. The van der Waals surface area contributed by atoms with Gasteiger partial charge >= 0.3 is 5.69 Å². The quantitative estimate of drug-likeness (QED) is 0.638. The molecule has 0 unspecified atom stereocenters. The highest BCUT2D eigenvalue weighted by Gasteiger charge is 2.32. The van der Waals surface area contributed by atoms with Crippen molar-refractivity contribution in [2.24, 2.45) is 5.92 Å². The molecule has 2 saturated heterocycles. The normalized spacial score (nSPS) is 23.5. The van der Waals surface area contributed by atoms with Gasteiger partial charge < -0.3 is 10.1 Å². The van der Waals surface area contributed by atoms with Gasteiger partial charge in [-0.25, -0.2) is 4.98 Å². The average Bonchev–Trinajstić information content (AvgIpc) is 3.21. The van der Waals surface area contributed by atoms with E-state index in [0.29, 0.717) is 24.3 Å². The SMILES string of the molecule is O=[N+]([O-])c1cccnc1NC[C@@H]([C@@H]1CCOC1)N1CCCC1. The highest BCUT2D eigenvalue weighted by molar-refractivity contribution is 5.55. The molecule has 0 aliphatic carbocycles. The zero-order valence-electron chi connectivity index (χ0n) is 12.6. The van der Waals surface area contributed by atoms with E-state index < -0.39 is 4.92 Å². The fourth-order valence-electron chi connectivity index (χ4n) is 3.40. The summed E-state index contributed by atoms with van der Waals surface area (Å²) in [5.41, 5.74) is 0.0327. The second-order valence-electron chi connectivity index (χ2n) is 5.94. The minimum atomic E-state index is -0.390. The van der Waals surface area contributed by atoms with Crippen LogP contribution in [0.3, 0.4) is 0 Å². The molecule has 7 heteroatoms. The summed E-state index contributed by atoms with van der Waals surface area (Å²) in [5, 5.41) is 14.3. The maximum Gasteiger partial charge on any atom is 0.311 e. The van der Waals surface area contributed by atoms with Crippen molar-refractivity contribution in [3.8, 4) is 0 Å². The molecule has 7 nitrogen and oxygen atoms in total. The molecule has 2 aliphatic heterocycles. The first-order chi connectivity index (χ1) is 10.8. The first-order valence-electron chi connectivity index (χ1n) is 7.91. The van der Waals surface area contributed by atoms with Crippen LogP contribution in [0.2, 0.25) is 0 Å². The molecule has 0 radical (unpaired) electrons. The summed E-state index contributed by atoms with van der Waals surface area (Å²) < 4.78 is 5.53. The van der Waals surface area contributed by atoms with Crippen LogP contribution in [-0.2, 0) is 4.74 Å². The Balaban J connectivity index is 1.69. The molecular weight excluding hydrogens is 284 g/mol. The number of nitro groups is 1. The van der Waals surface area contributed by atoms with E-state index in [1.54, 1.807) is 12.3 Å². The topological polar surface area (TPSA) is 80.5 Å². The van der Waals surface area contributed by atoms with Crippen LogP contribution in [0.15, 0.2) is 18.3 Å². The summed E-state index contributed by atoms with van der Waals surface area (Å²) in [4.78, 5) is 17.3. The second-order valence-corrected chi connectivity index (χ2v) is 5.94. The Morgan fingerprint density at radius 3 is 3.00 bits per heavy atom. The van der Waals surface area contributed by atoms with Crippen molar-refractivity contribution in [1.29, 1.82) is 0 Å². The molecular formula is C15H22N4O3. The summed E-state index contributed by atoms with van der Waals surface area (Å²) in [5.74, 6) is 0.851. The van der Waals surface area contributed by atoms with E-state index in [1.165, 1.54) is 18.9 Å². The van der Waals surface area contributed by atoms with Gasteiger partial charge in [-0.2, -0.15) is 0 Å². The van der Waals surface area contributed by atoms with Gasteiger partial charge in [-0.05, 0) is 38.4 Å². The molecule has 2 atom stereocenters. The Hall–Kier alpha value is -1.73. The van der Waals surface area contributed by atoms with Crippen molar-refractivity contribution in [3.05, 3.63) is 28.4 Å². The lowest BCUT2D eigenvalue weighted by atomic mass is 9.97. The number of rotatable bonds is 6. The molecule has 0 bridgehead atoms. The molecule has 1 aromatic rings. The molecule has 22 heavy (non-hydrogen) atoms. The Bertz CT molecular complexity index is 497. The summed E-state index contributed by atoms with van der Waals surface area (Å²) in [6, 6.07) is 3.43. The lowest BCUT2D eigenvalue weighted by molar-refractivity contribution is -0.384. The molecule has 0 amide bonds. The number of hydrogen-bond donors (Lipinski definition) is 1. The predicted molar refractivity (Wildman–Crippen MR) is 82.9 cm³/mol. The van der Waals surface area contributed by atoms with Crippen LogP contribution in [0.5, 0.6) is 0 Å². The van der Waals surface area contributed by atoms with Crippen molar-refractivity contribution in [2.75, 3.05) is 38.2 Å². The number of aromatic nitrogens is 1. The van der Waals surface area contributed by atoms with Crippen LogP contribution < -0.4 is 5.32 Å². The third-order valence-corrected chi connectivity index (χ3v) is 4.58. The molecule has 120 valence electrons. The molecule has 0 spiro atoms. The van der Waals surface area contributed by atoms with E-state index in [9.17, 15) is 10.1 Å². The molecule has 3 rings (SSSR count). The van der Waals surface area contributed by atoms with Crippen molar-refractivity contribution in [1.82, 2.24) is 9.88 Å². The van der Waals surface area contributed by atoms with Crippen LogP contribution >= 0.6 is 0 Å². The maximum absolute atomic E-state index is 11.1. The fourth-order valence-corrected chi connectivity index (χ4v) is 3.40. The Morgan fingerprint density at radius 1 is 1.50 bits per heavy atom. The van der Waals surface area contributed by atoms with E-state index in [-0.39, 0.29) is 5.69 Å². The maximum atomic E-state index is 11.1. The Morgan fingerprint density at radius 2 is 2.32 bits per heavy atom. The van der Waals surface area contributed by atoms with Gasteiger partial charge in [0.2, 0.25) is 5.82 Å². The van der Waals surface area contributed by atoms with Gasteiger partial charge in [0.15, 0.2) is 0 Å². The number of ether oxygens (including phenoxy) is 1. The lowest BCUT2D eigenvalue weighted by Crippen LogP contribution is -2.44. The van der Waals surface area contributed by atoms with Gasteiger partial charge in [-0.1, -0.05) is 0 Å². The van der Waals surface area contributed by atoms with Gasteiger partial charge in [0.1, 0.15) is 0 Å². The highest BCUT2D eigenvalue weighted by Crippen LogP contribution is 2.26. The minimum absolute atomic E-state index is 0.0327. The molecule has 1 aromatic heterocycles. The molecule has 0 aromatic carbocycles. The van der Waals surface area contributed by atoms with Crippen LogP contribution in [-0.4, -0.2) is 53.7 Å². The summed E-state index contributed by atoms with van der Waals surface area (Å²) in [6.45, 7) is 4.48. The van der Waals surface area contributed by atoms with E-state index in [4.69, 9.17) is 4.74 Å². The van der Waals surface area contributed by atoms with E-state index >= 15 is 0 Å². The number of pyridine rings is 1. The molecule has 2 fully saturated rings. The standard InChI is InChI=1S/C15H22N4O3/c20-19(21)13-4-3-6-16-15(13)17-10-14(12-5-9-22-11-12)18-7-1-2-8-18/h3-4,6,12,14H,1-2,5,7-11H2,(H,16,17)/t12-,14+/m1/s1. The number of anilines is 1. The first kappa shape index (κ1) is 15.2. The zero-order chi connectivity index (χ0) is 15.4.